The van der Waals surface area contributed by atoms with Crippen LogP contribution >= 0.6 is 0 Å². The van der Waals surface area contributed by atoms with Gasteiger partial charge >= 0.3 is 5.97 Å². The molecule has 0 N–H and O–H groups in total. The number of aryl methyl sites for hydroxylation is 1. The highest BCUT2D eigenvalue weighted by molar-refractivity contribution is 5.96. The molecule has 0 aliphatic carbocycles. The van der Waals surface area contributed by atoms with Gasteiger partial charge in [-0.1, -0.05) is 33.3 Å². The molecule has 27 heavy (non-hydrogen) atoms. The zero-order valence-electron chi connectivity index (χ0n) is 17.9. The predicted octanol–water partition coefficient (Wildman–Crippen LogP) is 4.19. The van der Waals surface area contributed by atoms with E-state index in [1.165, 1.54) is 0 Å². The van der Waals surface area contributed by atoms with Crippen LogP contribution in [0, 0.1) is 0 Å². The molecule has 1 rings (SSSR count). The maximum Gasteiger partial charge on any atom is 0.325 e. The molecule has 0 saturated heterocycles. The van der Waals surface area contributed by atoms with Crippen molar-refractivity contribution in [1.82, 2.24) is 4.90 Å². The third-order valence-corrected chi connectivity index (χ3v) is 4.53. The molecule has 1 atom stereocenters. The smallest absolute Gasteiger partial charge is 0.325 e. The van der Waals surface area contributed by atoms with Gasteiger partial charge in [0.2, 0.25) is 0 Å². The Morgan fingerprint density at radius 3 is 2.26 bits per heavy atom. The van der Waals surface area contributed by atoms with E-state index in [4.69, 9.17) is 9.47 Å². The number of carbonyl (C=O) groups is 2. The molecule has 0 fully saturated rings. The molecule has 5 nitrogen and oxygen atoms in total. The number of benzene rings is 1. The highest BCUT2D eigenvalue weighted by Crippen LogP contribution is 2.21. The van der Waals surface area contributed by atoms with Crippen LogP contribution in [0.15, 0.2) is 18.2 Å². The lowest BCUT2D eigenvalue weighted by Crippen LogP contribution is -2.41. The largest absolute Gasteiger partial charge is 0.462 e. The van der Waals surface area contributed by atoms with Crippen molar-refractivity contribution in [1.29, 1.82) is 0 Å². The molecular weight excluding hydrogens is 342 g/mol. The van der Waals surface area contributed by atoms with Crippen LogP contribution in [0.1, 0.15) is 75.4 Å². The van der Waals surface area contributed by atoms with Crippen LogP contribution in [0.2, 0.25) is 0 Å². The molecule has 0 heterocycles. The van der Waals surface area contributed by atoms with Crippen LogP contribution in [0.3, 0.4) is 0 Å². The van der Waals surface area contributed by atoms with Gasteiger partial charge in [-0.05, 0) is 56.4 Å². The lowest BCUT2D eigenvalue weighted by atomic mass is 9.95. The number of amides is 1. The first-order valence-corrected chi connectivity index (χ1v) is 9.82. The molecule has 0 radical (unpaired) electrons. The van der Waals surface area contributed by atoms with E-state index < -0.39 is 5.97 Å². The standard InChI is InChI=1S/C22H35NO4/c1-8-9-18-10-19(15(2)3)12-20(11-18)22(25)23(16(4)5)13-21(24)27-14-17(6)26-7/h10-12,15-17H,8-9,13-14H2,1-7H3. The third-order valence-electron chi connectivity index (χ3n) is 4.53. The fraction of sp³-hybridized carbons (Fsp3) is 0.636. The SMILES string of the molecule is CCCc1cc(C(=O)N(CC(=O)OCC(C)OC)C(C)C)cc(C(C)C)c1. The van der Waals surface area contributed by atoms with E-state index in [1.54, 1.807) is 12.0 Å². The molecule has 5 heteroatoms. The zero-order chi connectivity index (χ0) is 20.6. The summed E-state index contributed by atoms with van der Waals surface area (Å²) in [7, 11) is 1.57. The van der Waals surface area contributed by atoms with Crippen LogP contribution in [0.25, 0.3) is 0 Å². The predicted molar refractivity (Wildman–Crippen MR) is 108 cm³/mol. The van der Waals surface area contributed by atoms with Gasteiger partial charge in [-0.3, -0.25) is 9.59 Å². The van der Waals surface area contributed by atoms with Gasteiger partial charge in [0.05, 0.1) is 6.10 Å². The monoisotopic (exact) mass is 377 g/mol. The minimum atomic E-state index is -0.422. The Bertz CT molecular complexity index is 625. The zero-order valence-corrected chi connectivity index (χ0v) is 17.9. The van der Waals surface area contributed by atoms with Gasteiger partial charge < -0.3 is 14.4 Å². The van der Waals surface area contributed by atoms with Gasteiger partial charge in [0, 0.05) is 18.7 Å². The summed E-state index contributed by atoms with van der Waals surface area (Å²) in [5.74, 6) is -0.224. The maximum absolute atomic E-state index is 13.1. The Hall–Kier alpha value is -1.88. The summed E-state index contributed by atoms with van der Waals surface area (Å²) in [6.07, 6.45) is 1.78. The molecular formula is C22H35NO4. The maximum atomic E-state index is 13.1. The molecule has 0 aliphatic rings. The number of esters is 1. The molecule has 1 amide bonds. The molecule has 1 unspecified atom stereocenters. The van der Waals surface area contributed by atoms with E-state index >= 15 is 0 Å². The molecule has 152 valence electrons. The highest BCUT2D eigenvalue weighted by atomic mass is 16.6. The number of carbonyl (C=O) groups excluding carboxylic acids is 2. The minimum absolute atomic E-state index is 0.0675. The number of nitrogens with zero attached hydrogens (tertiary/aromatic N) is 1. The van der Waals surface area contributed by atoms with Crippen molar-refractivity contribution in [3.05, 3.63) is 34.9 Å². The van der Waals surface area contributed by atoms with Crippen LogP contribution in [-0.4, -0.2) is 49.2 Å². The van der Waals surface area contributed by atoms with Crippen molar-refractivity contribution >= 4 is 11.9 Å². The molecule has 1 aromatic rings. The van der Waals surface area contributed by atoms with E-state index in [0.717, 1.165) is 24.0 Å². The quantitative estimate of drug-likeness (QED) is 0.574. The molecule has 1 aromatic carbocycles. The van der Waals surface area contributed by atoms with Gasteiger partial charge in [-0.2, -0.15) is 0 Å². The second-order valence-electron chi connectivity index (χ2n) is 7.62. The summed E-state index contributed by atoms with van der Waals surface area (Å²) in [6, 6.07) is 5.96. The molecule has 0 spiro atoms. The Morgan fingerprint density at radius 2 is 1.74 bits per heavy atom. The molecule has 0 bridgehead atoms. The average Bonchev–Trinajstić information content (AvgIpc) is 2.63. The van der Waals surface area contributed by atoms with E-state index in [9.17, 15) is 9.59 Å². The minimum Gasteiger partial charge on any atom is -0.462 e. The number of ether oxygens (including phenoxy) is 2. The topological polar surface area (TPSA) is 55.8 Å². The highest BCUT2D eigenvalue weighted by Gasteiger charge is 2.23. The van der Waals surface area contributed by atoms with E-state index in [2.05, 4.69) is 26.8 Å². The van der Waals surface area contributed by atoms with Crippen LogP contribution in [0.5, 0.6) is 0 Å². The van der Waals surface area contributed by atoms with Crippen LogP contribution in [-0.2, 0) is 20.7 Å². The van der Waals surface area contributed by atoms with Gasteiger partial charge in [0.1, 0.15) is 13.2 Å². The molecule has 0 aromatic heterocycles. The van der Waals surface area contributed by atoms with Crippen molar-refractivity contribution in [3.8, 4) is 0 Å². The second-order valence-corrected chi connectivity index (χ2v) is 7.62. The first kappa shape index (κ1) is 23.2. The molecule has 0 aliphatic heterocycles. The van der Waals surface area contributed by atoms with Gasteiger partial charge in [0.15, 0.2) is 0 Å². The van der Waals surface area contributed by atoms with Crippen LogP contribution < -0.4 is 0 Å². The fourth-order valence-electron chi connectivity index (χ4n) is 2.73. The summed E-state index contributed by atoms with van der Waals surface area (Å²) in [5.41, 5.74) is 2.94. The van der Waals surface area contributed by atoms with Gasteiger partial charge in [-0.25, -0.2) is 0 Å². The fourth-order valence-corrected chi connectivity index (χ4v) is 2.73. The van der Waals surface area contributed by atoms with Crippen LogP contribution in [0.4, 0.5) is 0 Å². The van der Waals surface area contributed by atoms with Crippen molar-refractivity contribution in [2.45, 2.75) is 72.4 Å². The Kier molecular flexibility index (Phi) is 9.50. The van der Waals surface area contributed by atoms with Gasteiger partial charge in [0.25, 0.3) is 5.91 Å². The second kappa shape index (κ2) is 11.1. The number of hydrogen-bond acceptors (Lipinski definition) is 4. The summed E-state index contributed by atoms with van der Waals surface area (Å²) in [5, 5.41) is 0. The van der Waals surface area contributed by atoms with Crippen molar-refractivity contribution in [2.75, 3.05) is 20.3 Å². The average molecular weight is 378 g/mol. The molecule has 0 saturated carbocycles. The lowest BCUT2D eigenvalue weighted by molar-refractivity contribution is -0.147. The van der Waals surface area contributed by atoms with Crippen molar-refractivity contribution < 1.29 is 19.1 Å². The summed E-state index contributed by atoms with van der Waals surface area (Å²) in [6.45, 7) is 12.1. The first-order chi connectivity index (χ1) is 12.7. The summed E-state index contributed by atoms with van der Waals surface area (Å²) >= 11 is 0. The number of methoxy groups -OCH3 is 1. The lowest BCUT2D eigenvalue weighted by Gasteiger charge is -2.26. The van der Waals surface area contributed by atoms with E-state index in [-0.39, 0.29) is 31.2 Å². The van der Waals surface area contributed by atoms with Crippen molar-refractivity contribution in [2.24, 2.45) is 0 Å². The Morgan fingerprint density at radius 1 is 1.07 bits per heavy atom. The number of hydrogen-bond donors (Lipinski definition) is 0. The third kappa shape index (κ3) is 7.33. The Labute approximate surface area is 164 Å². The summed E-state index contributed by atoms with van der Waals surface area (Å²) < 4.78 is 10.3. The van der Waals surface area contributed by atoms with E-state index in [1.807, 2.05) is 32.9 Å². The number of rotatable bonds is 10. The summed E-state index contributed by atoms with van der Waals surface area (Å²) in [4.78, 5) is 26.9. The van der Waals surface area contributed by atoms with E-state index in [0.29, 0.717) is 11.5 Å². The van der Waals surface area contributed by atoms with Gasteiger partial charge in [-0.15, -0.1) is 0 Å². The first-order valence-electron chi connectivity index (χ1n) is 9.82. The normalized spacial score (nSPS) is 12.3. The Balaban J connectivity index is 3.01. The van der Waals surface area contributed by atoms with Crippen molar-refractivity contribution in [3.63, 3.8) is 0 Å².